The molecular formula is C24H23N3OS. The van der Waals surface area contributed by atoms with Crippen LogP contribution in [0.5, 0.6) is 0 Å². The van der Waals surface area contributed by atoms with Crippen molar-refractivity contribution in [3.8, 4) is 0 Å². The lowest BCUT2D eigenvalue weighted by Crippen LogP contribution is -2.27. The largest absolute Gasteiger partial charge is 0.345 e. The van der Waals surface area contributed by atoms with E-state index in [2.05, 4.69) is 29.4 Å². The van der Waals surface area contributed by atoms with Gasteiger partial charge < -0.3 is 9.72 Å². The number of pyridine rings is 1. The number of aromatic nitrogens is 2. The lowest BCUT2D eigenvalue weighted by molar-refractivity contribution is 0.0937. The Labute approximate surface area is 175 Å². The van der Waals surface area contributed by atoms with Gasteiger partial charge in [-0.2, -0.15) is 0 Å². The van der Waals surface area contributed by atoms with Gasteiger partial charge in [-0.05, 0) is 49.2 Å². The standard InChI is InChI=1S/C24H23N3OS/c1-17-9-3-4-10-20(17)18(2)25-24(28)21-11-5-6-12-22(21)29-16-19-15-27-14-8-7-13-23(27)26-19/h3-15,18H,16H2,1-2H3,(H,25,28). The van der Waals surface area contributed by atoms with Crippen LogP contribution in [0.3, 0.4) is 0 Å². The van der Waals surface area contributed by atoms with Crippen LogP contribution in [0.4, 0.5) is 0 Å². The minimum Gasteiger partial charge on any atom is -0.345 e. The number of hydrogen-bond acceptors (Lipinski definition) is 3. The van der Waals surface area contributed by atoms with Gasteiger partial charge in [-0.15, -0.1) is 11.8 Å². The van der Waals surface area contributed by atoms with Crippen LogP contribution in [0.25, 0.3) is 5.65 Å². The number of imidazole rings is 1. The highest BCUT2D eigenvalue weighted by molar-refractivity contribution is 7.98. The van der Waals surface area contributed by atoms with Gasteiger partial charge in [0.25, 0.3) is 5.91 Å². The fraction of sp³-hybridized carbons (Fsp3) is 0.167. The normalized spacial score (nSPS) is 12.1. The highest BCUT2D eigenvalue weighted by atomic mass is 32.2. The summed E-state index contributed by atoms with van der Waals surface area (Å²) in [6, 6.07) is 21.8. The molecule has 1 unspecified atom stereocenters. The quantitative estimate of drug-likeness (QED) is 0.439. The summed E-state index contributed by atoms with van der Waals surface area (Å²) >= 11 is 1.63. The zero-order chi connectivity index (χ0) is 20.2. The van der Waals surface area contributed by atoms with Crippen molar-refractivity contribution in [2.24, 2.45) is 0 Å². The molecule has 2 heterocycles. The van der Waals surface area contributed by atoms with Crippen LogP contribution in [-0.2, 0) is 5.75 Å². The molecule has 2 aromatic heterocycles. The van der Waals surface area contributed by atoms with E-state index in [1.807, 2.05) is 78.3 Å². The van der Waals surface area contributed by atoms with Crippen LogP contribution in [0.1, 0.15) is 40.1 Å². The van der Waals surface area contributed by atoms with Gasteiger partial charge in [-0.3, -0.25) is 4.79 Å². The second-order valence-corrected chi connectivity index (χ2v) is 8.05. The van der Waals surface area contributed by atoms with E-state index >= 15 is 0 Å². The number of nitrogens with zero attached hydrogens (tertiary/aromatic N) is 2. The van der Waals surface area contributed by atoms with Crippen LogP contribution < -0.4 is 5.32 Å². The Morgan fingerprint density at radius 3 is 2.66 bits per heavy atom. The molecule has 4 aromatic rings. The number of carbonyl (C=O) groups excluding carboxylic acids is 1. The van der Waals surface area contributed by atoms with Gasteiger partial charge in [0.15, 0.2) is 0 Å². The summed E-state index contributed by atoms with van der Waals surface area (Å²) in [7, 11) is 0. The van der Waals surface area contributed by atoms with Crippen molar-refractivity contribution in [2.75, 3.05) is 0 Å². The molecule has 0 saturated heterocycles. The minimum absolute atomic E-state index is 0.0554. The summed E-state index contributed by atoms with van der Waals surface area (Å²) in [6.07, 6.45) is 4.02. The predicted molar refractivity (Wildman–Crippen MR) is 118 cm³/mol. The Hall–Kier alpha value is -3.05. The maximum absolute atomic E-state index is 13.0. The van der Waals surface area contributed by atoms with Crippen LogP contribution in [0, 0.1) is 6.92 Å². The molecule has 0 bridgehead atoms. The van der Waals surface area contributed by atoms with Crippen molar-refractivity contribution in [3.63, 3.8) is 0 Å². The molecule has 0 aliphatic carbocycles. The highest BCUT2D eigenvalue weighted by Gasteiger charge is 2.16. The summed E-state index contributed by atoms with van der Waals surface area (Å²) in [5, 5.41) is 3.14. The first kappa shape index (κ1) is 19.3. The molecule has 0 aliphatic rings. The number of amides is 1. The predicted octanol–water partition coefficient (Wildman–Crippen LogP) is 5.43. The fourth-order valence-electron chi connectivity index (χ4n) is 3.41. The summed E-state index contributed by atoms with van der Waals surface area (Å²) < 4.78 is 2.01. The maximum Gasteiger partial charge on any atom is 0.252 e. The van der Waals surface area contributed by atoms with Crippen LogP contribution >= 0.6 is 11.8 Å². The molecule has 1 N–H and O–H groups in total. The molecular weight excluding hydrogens is 378 g/mol. The average molecular weight is 402 g/mol. The van der Waals surface area contributed by atoms with E-state index in [4.69, 9.17) is 0 Å². The number of rotatable bonds is 6. The molecule has 0 aliphatic heterocycles. The number of carbonyl (C=O) groups is 1. The zero-order valence-electron chi connectivity index (χ0n) is 16.5. The summed E-state index contributed by atoms with van der Waals surface area (Å²) in [5.41, 5.74) is 4.93. The summed E-state index contributed by atoms with van der Waals surface area (Å²) in [4.78, 5) is 18.6. The van der Waals surface area contributed by atoms with Crippen molar-refractivity contribution >= 4 is 23.3 Å². The molecule has 29 heavy (non-hydrogen) atoms. The molecule has 4 rings (SSSR count). The number of benzene rings is 2. The number of thioether (sulfide) groups is 1. The number of fused-ring (bicyclic) bond motifs is 1. The average Bonchev–Trinajstić information content (AvgIpc) is 3.15. The molecule has 146 valence electrons. The monoisotopic (exact) mass is 401 g/mol. The highest BCUT2D eigenvalue weighted by Crippen LogP contribution is 2.27. The van der Waals surface area contributed by atoms with Crippen molar-refractivity contribution in [2.45, 2.75) is 30.5 Å². The lowest BCUT2D eigenvalue weighted by atomic mass is 10.0. The van der Waals surface area contributed by atoms with Gasteiger partial charge in [-0.1, -0.05) is 42.5 Å². The molecule has 0 radical (unpaired) electrons. The van der Waals surface area contributed by atoms with Gasteiger partial charge in [0.2, 0.25) is 0 Å². The van der Waals surface area contributed by atoms with Gasteiger partial charge in [0.1, 0.15) is 5.65 Å². The van der Waals surface area contributed by atoms with Gasteiger partial charge in [0, 0.05) is 23.0 Å². The van der Waals surface area contributed by atoms with E-state index < -0.39 is 0 Å². The number of nitrogens with one attached hydrogen (secondary N) is 1. The molecule has 1 amide bonds. The summed E-state index contributed by atoms with van der Waals surface area (Å²) in [6.45, 7) is 4.09. The van der Waals surface area contributed by atoms with Crippen molar-refractivity contribution in [3.05, 3.63) is 102 Å². The summed E-state index contributed by atoms with van der Waals surface area (Å²) in [5.74, 6) is 0.651. The van der Waals surface area contributed by atoms with Crippen LogP contribution in [0.15, 0.2) is 84.0 Å². The van der Waals surface area contributed by atoms with Crippen molar-refractivity contribution in [1.82, 2.24) is 14.7 Å². The number of hydrogen-bond donors (Lipinski definition) is 1. The van der Waals surface area contributed by atoms with Crippen LogP contribution in [-0.4, -0.2) is 15.3 Å². The Morgan fingerprint density at radius 2 is 1.83 bits per heavy atom. The first-order chi connectivity index (χ1) is 14.1. The van der Waals surface area contributed by atoms with E-state index in [0.29, 0.717) is 11.3 Å². The first-order valence-corrected chi connectivity index (χ1v) is 10.6. The van der Waals surface area contributed by atoms with E-state index in [-0.39, 0.29) is 11.9 Å². The van der Waals surface area contributed by atoms with Gasteiger partial charge in [0.05, 0.1) is 17.3 Å². The SMILES string of the molecule is Cc1ccccc1C(C)NC(=O)c1ccccc1SCc1cn2ccccc2n1. The number of aryl methyl sites for hydroxylation is 1. The van der Waals surface area contributed by atoms with E-state index in [9.17, 15) is 4.79 Å². The molecule has 0 fully saturated rings. The second kappa shape index (κ2) is 8.53. The van der Waals surface area contributed by atoms with Crippen molar-refractivity contribution in [1.29, 1.82) is 0 Å². The second-order valence-electron chi connectivity index (χ2n) is 7.03. The minimum atomic E-state index is -0.0566. The molecule has 2 aromatic carbocycles. The molecule has 4 nitrogen and oxygen atoms in total. The lowest BCUT2D eigenvalue weighted by Gasteiger charge is -2.17. The molecule has 0 spiro atoms. The Bertz CT molecular complexity index is 1120. The Morgan fingerprint density at radius 1 is 1.07 bits per heavy atom. The third-order valence-electron chi connectivity index (χ3n) is 4.92. The smallest absolute Gasteiger partial charge is 0.252 e. The molecule has 0 saturated carbocycles. The van der Waals surface area contributed by atoms with Crippen molar-refractivity contribution < 1.29 is 4.79 Å². The molecule has 1 atom stereocenters. The molecule has 5 heteroatoms. The maximum atomic E-state index is 13.0. The van der Waals surface area contributed by atoms with E-state index in [1.165, 1.54) is 5.56 Å². The fourth-order valence-corrected chi connectivity index (χ4v) is 4.35. The Balaban J connectivity index is 1.48. The third-order valence-corrected chi connectivity index (χ3v) is 6.03. The topological polar surface area (TPSA) is 46.4 Å². The Kier molecular flexibility index (Phi) is 5.67. The zero-order valence-corrected chi connectivity index (χ0v) is 17.3. The van der Waals surface area contributed by atoms with E-state index in [0.717, 1.165) is 21.8 Å². The van der Waals surface area contributed by atoms with Crippen LogP contribution in [0.2, 0.25) is 0 Å². The third kappa shape index (κ3) is 4.35. The van der Waals surface area contributed by atoms with Gasteiger partial charge in [-0.25, -0.2) is 4.98 Å². The first-order valence-electron chi connectivity index (χ1n) is 9.62. The van der Waals surface area contributed by atoms with E-state index in [1.54, 1.807) is 11.8 Å². The van der Waals surface area contributed by atoms with Gasteiger partial charge >= 0.3 is 0 Å².